The van der Waals surface area contributed by atoms with E-state index in [1.54, 1.807) is 0 Å². The van der Waals surface area contributed by atoms with Gasteiger partial charge in [0.05, 0.1) is 5.69 Å². The highest BCUT2D eigenvalue weighted by Crippen LogP contribution is 2.53. The highest BCUT2D eigenvalue weighted by Gasteiger charge is 2.36. The van der Waals surface area contributed by atoms with E-state index < -0.39 is 0 Å². The number of hydrogen-bond acceptors (Lipinski definition) is 2. The van der Waals surface area contributed by atoms with E-state index >= 15 is 0 Å². The Balaban J connectivity index is 1.17. The minimum absolute atomic E-state index is 0.129. The molecule has 0 fully saturated rings. The van der Waals surface area contributed by atoms with Gasteiger partial charge in [-0.2, -0.15) is 0 Å². The summed E-state index contributed by atoms with van der Waals surface area (Å²) in [5.74, 6) is 0. The first-order valence-electron chi connectivity index (χ1n) is 19.8. The Morgan fingerprint density at radius 1 is 0.404 bits per heavy atom. The topological polar surface area (TPSA) is 3.24 Å². The fourth-order valence-corrected chi connectivity index (χ4v) is 10.4. The minimum Gasteiger partial charge on any atom is -0.310 e. The average Bonchev–Trinajstić information content (AvgIpc) is 3.77. The molecule has 0 saturated heterocycles. The molecule has 0 spiro atoms. The van der Waals surface area contributed by atoms with Gasteiger partial charge in [0.15, 0.2) is 0 Å². The standard InChI is InChI=1S/C55H39NS/c1-55(2)49-20-12-11-19-46(49)47-32-30-44(35-50(47)55)56(43-28-25-39(26-29-43)37-15-7-4-8-16-37)51-33-42(40-23-21-38(22-24-40)36-13-5-3-6-14-36)34-52-53(51)48-31-27-41-17-9-10-18-45(41)54(48)57-52/h3-35H,1-2H3. The van der Waals surface area contributed by atoms with Gasteiger partial charge in [0.2, 0.25) is 0 Å². The van der Waals surface area contributed by atoms with Crippen molar-refractivity contribution in [3.05, 3.63) is 211 Å². The lowest BCUT2D eigenvalue weighted by molar-refractivity contribution is 0.660. The molecule has 0 amide bonds. The van der Waals surface area contributed by atoms with E-state index in [0.717, 1.165) is 11.4 Å². The lowest BCUT2D eigenvalue weighted by Crippen LogP contribution is -2.16. The van der Waals surface area contributed by atoms with Crippen LogP contribution >= 0.6 is 11.3 Å². The van der Waals surface area contributed by atoms with E-state index in [2.05, 4.69) is 219 Å². The zero-order chi connectivity index (χ0) is 38.1. The average molecular weight is 746 g/mol. The largest absolute Gasteiger partial charge is 0.310 e. The molecule has 0 N–H and O–H groups in total. The van der Waals surface area contributed by atoms with Crippen LogP contribution in [0, 0.1) is 0 Å². The summed E-state index contributed by atoms with van der Waals surface area (Å²) < 4.78 is 2.60. The van der Waals surface area contributed by atoms with Crippen LogP contribution in [-0.4, -0.2) is 0 Å². The van der Waals surface area contributed by atoms with Crippen LogP contribution in [0.15, 0.2) is 200 Å². The molecule has 0 bridgehead atoms. The Morgan fingerprint density at radius 2 is 0.965 bits per heavy atom. The summed E-state index contributed by atoms with van der Waals surface area (Å²) >= 11 is 1.91. The van der Waals surface area contributed by atoms with E-state index in [1.807, 2.05) is 11.3 Å². The quantitative estimate of drug-likeness (QED) is 0.164. The summed E-state index contributed by atoms with van der Waals surface area (Å²) in [6.45, 7) is 4.74. The summed E-state index contributed by atoms with van der Waals surface area (Å²) in [5.41, 5.74) is 16.0. The second kappa shape index (κ2) is 13.2. The Hall–Kier alpha value is -6.74. The van der Waals surface area contributed by atoms with E-state index in [9.17, 15) is 0 Å². The van der Waals surface area contributed by atoms with Crippen LogP contribution in [0.25, 0.3) is 75.5 Å². The molecule has 0 saturated carbocycles. The molecule has 0 atom stereocenters. The minimum atomic E-state index is -0.129. The van der Waals surface area contributed by atoms with Gasteiger partial charge in [0.1, 0.15) is 0 Å². The molecule has 2 heteroatoms. The Morgan fingerprint density at radius 3 is 1.68 bits per heavy atom. The van der Waals surface area contributed by atoms with Crippen LogP contribution in [0.1, 0.15) is 25.0 Å². The maximum atomic E-state index is 2.51. The summed E-state index contributed by atoms with van der Waals surface area (Å²) in [5, 5.41) is 5.13. The van der Waals surface area contributed by atoms with Gasteiger partial charge in [-0.05, 0) is 103 Å². The van der Waals surface area contributed by atoms with Crippen molar-refractivity contribution in [3.63, 3.8) is 0 Å². The van der Waals surface area contributed by atoms with Crippen LogP contribution in [0.3, 0.4) is 0 Å². The monoisotopic (exact) mass is 745 g/mol. The Bertz CT molecular complexity index is 3120. The van der Waals surface area contributed by atoms with Gasteiger partial charge in [0.25, 0.3) is 0 Å². The zero-order valence-corrected chi connectivity index (χ0v) is 32.7. The number of fused-ring (bicyclic) bond motifs is 8. The summed E-state index contributed by atoms with van der Waals surface area (Å²) in [7, 11) is 0. The molecular formula is C55H39NS. The molecule has 1 aliphatic carbocycles. The molecule has 1 nitrogen and oxygen atoms in total. The number of benzene rings is 9. The first-order valence-corrected chi connectivity index (χ1v) is 20.6. The van der Waals surface area contributed by atoms with E-state index in [-0.39, 0.29) is 5.41 Å². The van der Waals surface area contributed by atoms with Crippen molar-refractivity contribution in [2.24, 2.45) is 0 Å². The molecular weight excluding hydrogens is 707 g/mol. The van der Waals surface area contributed by atoms with E-state index in [4.69, 9.17) is 0 Å². The third-order valence-electron chi connectivity index (χ3n) is 12.1. The zero-order valence-electron chi connectivity index (χ0n) is 31.9. The van der Waals surface area contributed by atoms with E-state index in [0.29, 0.717) is 0 Å². The number of nitrogens with zero attached hydrogens (tertiary/aromatic N) is 1. The fourth-order valence-electron chi connectivity index (χ4n) is 9.13. The van der Waals surface area contributed by atoms with Gasteiger partial charge < -0.3 is 4.90 Å². The van der Waals surface area contributed by atoms with Gasteiger partial charge in [-0.3, -0.25) is 0 Å². The predicted molar refractivity (Wildman–Crippen MR) is 245 cm³/mol. The number of anilines is 3. The lowest BCUT2D eigenvalue weighted by atomic mass is 9.82. The SMILES string of the molecule is CC1(C)c2ccccc2-c2ccc(N(c3ccc(-c4ccccc4)cc3)c3cc(-c4ccc(-c5ccccc5)cc4)cc4sc5c6ccccc6ccc5c34)cc21. The van der Waals surface area contributed by atoms with Crippen LogP contribution < -0.4 is 4.90 Å². The maximum Gasteiger partial charge on any atom is 0.0560 e. The van der Waals surface area contributed by atoms with Crippen molar-refractivity contribution in [1.29, 1.82) is 0 Å². The maximum absolute atomic E-state index is 2.51. The molecule has 1 aromatic heterocycles. The van der Waals surface area contributed by atoms with Gasteiger partial charge in [0, 0.05) is 37.0 Å². The highest BCUT2D eigenvalue weighted by atomic mass is 32.1. The molecule has 11 rings (SSSR count). The summed E-state index contributed by atoms with van der Waals surface area (Å²) in [4.78, 5) is 2.51. The van der Waals surface area contributed by atoms with Crippen molar-refractivity contribution < 1.29 is 0 Å². The summed E-state index contributed by atoms with van der Waals surface area (Å²) in [6.07, 6.45) is 0. The van der Waals surface area contributed by atoms with Crippen molar-refractivity contribution >= 4 is 59.3 Å². The Labute approximate surface area is 337 Å². The second-order valence-corrected chi connectivity index (χ2v) is 16.8. The molecule has 57 heavy (non-hydrogen) atoms. The van der Waals surface area contributed by atoms with Gasteiger partial charge in [-0.25, -0.2) is 0 Å². The van der Waals surface area contributed by atoms with Crippen LogP contribution in [0.2, 0.25) is 0 Å². The predicted octanol–water partition coefficient (Wildman–Crippen LogP) is 16.0. The van der Waals surface area contributed by atoms with Gasteiger partial charge in [-0.15, -0.1) is 11.3 Å². The molecule has 0 radical (unpaired) electrons. The molecule has 0 unspecified atom stereocenters. The first kappa shape index (κ1) is 33.6. The van der Waals surface area contributed by atoms with Crippen LogP contribution in [-0.2, 0) is 5.41 Å². The third kappa shape index (κ3) is 5.51. The van der Waals surface area contributed by atoms with Crippen molar-refractivity contribution in [2.45, 2.75) is 19.3 Å². The van der Waals surface area contributed by atoms with Crippen molar-refractivity contribution in [1.82, 2.24) is 0 Å². The molecule has 270 valence electrons. The molecule has 9 aromatic carbocycles. The van der Waals surface area contributed by atoms with Crippen molar-refractivity contribution in [2.75, 3.05) is 4.90 Å². The number of hydrogen-bond donors (Lipinski definition) is 0. The van der Waals surface area contributed by atoms with Crippen LogP contribution in [0.5, 0.6) is 0 Å². The number of rotatable bonds is 6. The highest BCUT2D eigenvalue weighted by molar-refractivity contribution is 7.26. The summed E-state index contributed by atoms with van der Waals surface area (Å²) in [6, 6.07) is 73.9. The van der Waals surface area contributed by atoms with Gasteiger partial charge >= 0.3 is 0 Å². The Kier molecular flexibility index (Phi) is 7.77. The molecule has 10 aromatic rings. The molecule has 1 heterocycles. The third-order valence-corrected chi connectivity index (χ3v) is 13.3. The molecule has 1 aliphatic rings. The smallest absolute Gasteiger partial charge is 0.0560 e. The van der Waals surface area contributed by atoms with E-state index in [1.165, 1.54) is 92.3 Å². The normalized spacial score (nSPS) is 12.9. The first-order chi connectivity index (χ1) is 28.0. The lowest BCUT2D eigenvalue weighted by Gasteiger charge is -2.29. The van der Waals surface area contributed by atoms with Crippen LogP contribution in [0.4, 0.5) is 17.1 Å². The second-order valence-electron chi connectivity index (χ2n) is 15.7. The molecule has 0 aliphatic heterocycles. The fraction of sp³-hybridized carbons (Fsp3) is 0.0545. The van der Waals surface area contributed by atoms with Gasteiger partial charge in [-0.1, -0.05) is 178 Å². The number of thiophene rings is 1. The van der Waals surface area contributed by atoms with Crippen molar-refractivity contribution in [3.8, 4) is 44.5 Å².